The second kappa shape index (κ2) is 8.01. The van der Waals surface area contributed by atoms with Crippen molar-refractivity contribution >= 4 is 39.1 Å². The molecule has 2 rings (SSSR count). The fourth-order valence-electron chi connectivity index (χ4n) is 1.87. The summed E-state index contributed by atoms with van der Waals surface area (Å²) in [6.45, 7) is 0.420. The number of hydrogen-bond donors (Lipinski definition) is 2. The average Bonchev–Trinajstić information content (AvgIpc) is 2.45. The predicted molar refractivity (Wildman–Crippen MR) is 90.9 cm³/mol. The van der Waals surface area contributed by atoms with Crippen LogP contribution in [-0.2, 0) is 6.42 Å². The first-order valence-corrected chi connectivity index (χ1v) is 7.92. The van der Waals surface area contributed by atoms with E-state index in [-0.39, 0.29) is 6.04 Å². The highest BCUT2D eigenvalue weighted by Crippen LogP contribution is 2.23. The van der Waals surface area contributed by atoms with Crippen LogP contribution in [0.25, 0.3) is 0 Å². The lowest BCUT2D eigenvalue weighted by Crippen LogP contribution is -2.41. The molecular formula is C15H15BrCl2N2O. The van der Waals surface area contributed by atoms with Crippen LogP contribution in [0.3, 0.4) is 0 Å². The average molecular weight is 390 g/mol. The van der Waals surface area contributed by atoms with Crippen molar-refractivity contribution < 1.29 is 4.74 Å². The van der Waals surface area contributed by atoms with E-state index in [2.05, 4.69) is 21.4 Å². The Labute approximate surface area is 142 Å². The Morgan fingerprint density at radius 1 is 1.19 bits per heavy atom. The van der Waals surface area contributed by atoms with Crippen LogP contribution in [0.15, 0.2) is 46.9 Å². The molecule has 112 valence electrons. The van der Waals surface area contributed by atoms with Crippen LogP contribution in [0, 0.1) is 0 Å². The van der Waals surface area contributed by atoms with Crippen molar-refractivity contribution in [3.05, 3.63) is 62.5 Å². The molecule has 0 aliphatic carbocycles. The summed E-state index contributed by atoms with van der Waals surface area (Å²) in [7, 11) is 0. The first kappa shape index (κ1) is 16.6. The number of benzene rings is 2. The summed E-state index contributed by atoms with van der Waals surface area (Å²) in [6.07, 6.45) is 0.670. The van der Waals surface area contributed by atoms with Crippen LogP contribution in [0.1, 0.15) is 5.56 Å². The first-order valence-electron chi connectivity index (χ1n) is 6.37. The van der Waals surface area contributed by atoms with Crippen molar-refractivity contribution in [2.24, 2.45) is 5.84 Å². The normalized spacial score (nSPS) is 12.2. The Hall–Kier alpha value is -0.780. The SMILES string of the molecule is NNC(COc1cccc(Cl)c1)Cc1ccc(Br)cc1Cl. The molecule has 2 aromatic carbocycles. The van der Waals surface area contributed by atoms with E-state index in [4.69, 9.17) is 33.8 Å². The zero-order chi connectivity index (χ0) is 15.2. The summed E-state index contributed by atoms with van der Waals surface area (Å²) in [5, 5.41) is 1.34. The molecule has 3 N–H and O–H groups in total. The van der Waals surface area contributed by atoms with Gasteiger partial charge in [0.15, 0.2) is 0 Å². The standard InChI is InChI=1S/C15H15BrCl2N2O/c16-11-5-4-10(15(18)7-11)6-13(20-19)9-21-14-3-1-2-12(17)8-14/h1-5,7-8,13,20H,6,9,19H2. The van der Waals surface area contributed by atoms with Gasteiger partial charge in [0.2, 0.25) is 0 Å². The summed E-state index contributed by atoms with van der Waals surface area (Å²) < 4.78 is 6.64. The predicted octanol–water partition coefficient (Wildman–Crippen LogP) is 4.21. The maximum absolute atomic E-state index is 6.21. The number of nitrogens with one attached hydrogen (secondary N) is 1. The number of hydrogen-bond acceptors (Lipinski definition) is 3. The summed E-state index contributed by atoms with van der Waals surface area (Å²) in [5.41, 5.74) is 3.76. The van der Waals surface area contributed by atoms with Crippen LogP contribution in [0.2, 0.25) is 10.0 Å². The molecule has 3 nitrogen and oxygen atoms in total. The molecule has 0 radical (unpaired) electrons. The monoisotopic (exact) mass is 388 g/mol. The highest BCUT2D eigenvalue weighted by atomic mass is 79.9. The molecule has 0 aromatic heterocycles. The molecule has 0 saturated carbocycles. The molecule has 1 unspecified atom stereocenters. The van der Waals surface area contributed by atoms with Gasteiger partial charge in [0.05, 0.1) is 6.04 Å². The van der Waals surface area contributed by atoms with Gasteiger partial charge < -0.3 is 4.74 Å². The third-order valence-electron chi connectivity index (χ3n) is 2.96. The largest absolute Gasteiger partial charge is 0.492 e. The van der Waals surface area contributed by atoms with E-state index in [9.17, 15) is 0 Å². The third-order valence-corrected chi connectivity index (χ3v) is 4.04. The first-order chi connectivity index (χ1) is 10.1. The fraction of sp³-hybridized carbons (Fsp3) is 0.200. The van der Waals surface area contributed by atoms with Gasteiger partial charge in [-0.15, -0.1) is 0 Å². The van der Waals surface area contributed by atoms with E-state index in [0.717, 1.165) is 10.0 Å². The lowest BCUT2D eigenvalue weighted by atomic mass is 10.1. The molecule has 2 aromatic rings. The van der Waals surface area contributed by atoms with Crippen molar-refractivity contribution in [1.82, 2.24) is 5.43 Å². The minimum Gasteiger partial charge on any atom is -0.492 e. The van der Waals surface area contributed by atoms with Crippen molar-refractivity contribution in [3.8, 4) is 5.75 Å². The Kier molecular flexibility index (Phi) is 6.33. The highest BCUT2D eigenvalue weighted by Gasteiger charge is 2.11. The number of nitrogens with two attached hydrogens (primary N) is 1. The second-order valence-corrected chi connectivity index (χ2v) is 6.33. The number of ether oxygens (including phenoxy) is 1. The molecule has 0 aliphatic rings. The summed E-state index contributed by atoms with van der Waals surface area (Å²) >= 11 is 15.5. The maximum Gasteiger partial charge on any atom is 0.120 e. The smallest absolute Gasteiger partial charge is 0.120 e. The summed E-state index contributed by atoms with van der Waals surface area (Å²) in [5.74, 6) is 6.30. The highest BCUT2D eigenvalue weighted by molar-refractivity contribution is 9.10. The molecule has 0 bridgehead atoms. The van der Waals surface area contributed by atoms with E-state index in [0.29, 0.717) is 28.8 Å². The molecule has 1 atom stereocenters. The Morgan fingerprint density at radius 3 is 2.67 bits per heavy atom. The molecule has 0 saturated heterocycles. The van der Waals surface area contributed by atoms with E-state index in [1.54, 1.807) is 12.1 Å². The lowest BCUT2D eigenvalue weighted by molar-refractivity contribution is 0.264. The van der Waals surface area contributed by atoms with Gasteiger partial charge in [0.1, 0.15) is 12.4 Å². The van der Waals surface area contributed by atoms with E-state index in [1.807, 2.05) is 30.3 Å². The third kappa shape index (κ3) is 5.16. The summed E-state index contributed by atoms with van der Waals surface area (Å²) in [4.78, 5) is 0. The van der Waals surface area contributed by atoms with Crippen LogP contribution in [0.4, 0.5) is 0 Å². The van der Waals surface area contributed by atoms with Gasteiger partial charge in [-0.1, -0.05) is 51.3 Å². The number of halogens is 3. The van der Waals surface area contributed by atoms with Crippen LogP contribution < -0.4 is 16.0 Å². The number of hydrazine groups is 1. The quantitative estimate of drug-likeness (QED) is 0.574. The van der Waals surface area contributed by atoms with Gasteiger partial charge in [-0.25, -0.2) is 0 Å². The second-order valence-electron chi connectivity index (χ2n) is 4.57. The molecule has 0 heterocycles. The Morgan fingerprint density at radius 2 is 2.00 bits per heavy atom. The topological polar surface area (TPSA) is 47.3 Å². The maximum atomic E-state index is 6.21. The minimum atomic E-state index is -0.0531. The van der Waals surface area contributed by atoms with Crippen LogP contribution >= 0.6 is 39.1 Å². The molecule has 21 heavy (non-hydrogen) atoms. The minimum absolute atomic E-state index is 0.0531. The van der Waals surface area contributed by atoms with Crippen molar-refractivity contribution in [1.29, 1.82) is 0 Å². The van der Waals surface area contributed by atoms with E-state index in [1.165, 1.54) is 0 Å². The van der Waals surface area contributed by atoms with Crippen molar-refractivity contribution in [2.45, 2.75) is 12.5 Å². The molecule has 6 heteroatoms. The Bertz CT molecular complexity index is 610. The molecule has 0 fully saturated rings. The van der Waals surface area contributed by atoms with E-state index < -0.39 is 0 Å². The zero-order valence-corrected chi connectivity index (χ0v) is 14.3. The van der Waals surface area contributed by atoms with Gasteiger partial charge in [0.25, 0.3) is 0 Å². The van der Waals surface area contributed by atoms with Gasteiger partial charge in [-0.3, -0.25) is 11.3 Å². The molecule has 0 amide bonds. The molecular weight excluding hydrogens is 375 g/mol. The van der Waals surface area contributed by atoms with Gasteiger partial charge in [-0.2, -0.15) is 0 Å². The Balaban J connectivity index is 1.97. The summed E-state index contributed by atoms with van der Waals surface area (Å²) in [6, 6.07) is 13.0. The fourth-order valence-corrected chi connectivity index (χ4v) is 2.80. The van der Waals surface area contributed by atoms with Gasteiger partial charge in [-0.05, 0) is 42.3 Å². The van der Waals surface area contributed by atoms with E-state index >= 15 is 0 Å². The van der Waals surface area contributed by atoms with Crippen LogP contribution in [-0.4, -0.2) is 12.6 Å². The molecule has 0 spiro atoms. The van der Waals surface area contributed by atoms with Gasteiger partial charge >= 0.3 is 0 Å². The lowest BCUT2D eigenvalue weighted by Gasteiger charge is -2.17. The number of rotatable bonds is 6. The molecule has 0 aliphatic heterocycles. The van der Waals surface area contributed by atoms with Gasteiger partial charge in [0, 0.05) is 14.5 Å². The zero-order valence-electron chi connectivity index (χ0n) is 11.2. The van der Waals surface area contributed by atoms with Crippen LogP contribution in [0.5, 0.6) is 5.75 Å². The van der Waals surface area contributed by atoms with Crippen molar-refractivity contribution in [2.75, 3.05) is 6.61 Å². The van der Waals surface area contributed by atoms with Crippen molar-refractivity contribution in [3.63, 3.8) is 0 Å².